The van der Waals surface area contributed by atoms with Gasteiger partial charge in [-0.15, -0.1) is 0 Å². The minimum absolute atomic E-state index is 0.00619. The summed E-state index contributed by atoms with van der Waals surface area (Å²) in [5.74, 6) is -0.777. The fraction of sp³-hybridized carbons (Fsp3) is 0.182. The van der Waals surface area contributed by atoms with Crippen molar-refractivity contribution in [1.29, 1.82) is 0 Å². The molecule has 30 heavy (non-hydrogen) atoms. The molecule has 1 aliphatic carbocycles. The summed E-state index contributed by atoms with van der Waals surface area (Å²) in [5.41, 5.74) is 1.63. The number of fused-ring (bicyclic) bond motifs is 1. The van der Waals surface area contributed by atoms with Crippen LogP contribution in [0.3, 0.4) is 0 Å². The lowest BCUT2D eigenvalue weighted by Gasteiger charge is -2.24. The summed E-state index contributed by atoms with van der Waals surface area (Å²) in [5, 5.41) is 0.944. The Morgan fingerprint density at radius 3 is 2.07 bits per heavy atom. The zero-order chi connectivity index (χ0) is 20.9. The lowest BCUT2D eigenvalue weighted by atomic mass is 9.89. The number of hydrogen-bond donors (Lipinski definition) is 0. The summed E-state index contributed by atoms with van der Waals surface area (Å²) in [4.78, 5) is 30.1. The number of rotatable bonds is 6. The minimum Gasteiger partial charge on any atom is -0.379 e. The minimum atomic E-state index is -4.13. The van der Waals surface area contributed by atoms with Gasteiger partial charge in [-0.3, -0.25) is 9.59 Å². The van der Waals surface area contributed by atoms with Gasteiger partial charge in [0, 0.05) is 31.7 Å². The maximum Gasteiger partial charge on any atom is 0.332 e. The molecule has 0 atom stereocenters. The molecule has 0 aromatic heterocycles. The van der Waals surface area contributed by atoms with E-state index in [0.717, 1.165) is 18.5 Å². The quantitative estimate of drug-likeness (QED) is 0.522. The van der Waals surface area contributed by atoms with Gasteiger partial charge in [0.15, 0.2) is 5.75 Å². The number of carbonyl (C=O) groups excluding carboxylic acids is 2. The van der Waals surface area contributed by atoms with E-state index >= 15 is 0 Å². The molecule has 0 radical (unpaired) electrons. The Morgan fingerprint density at radius 2 is 1.43 bits per heavy atom. The van der Waals surface area contributed by atoms with Gasteiger partial charge in [-0.05, 0) is 23.8 Å². The van der Waals surface area contributed by atoms with Crippen LogP contribution in [0, 0.1) is 0 Å². The molecule has 0 spiro atoms. The fourth-order valence-electron chi connectivity index (χ4n) is 3.50. The zero-order valence-electron chi connectivity index (χ0n) is 15.9. The van der Waals surface area contributed by atoms with Crippen molar-refractivity contribution in [2.45, 2.75) is 0 Å². The lowest BCUT2D eigenvalue weighted by molar-refractivity contribution is 0.0944. The molecular weight excluding hydrogens is 404 g/mol. The topological polar surface area (TPSA) is 83.5 Å². The lowest BCUT2D eigenvalue weighted by Crippen LogP contribution is -2.30. The van der Waals surface area contributed by atoms with Gasteiger partial charge in [0.05, 0.1) is 11.0 Å². The zero-order valence-corrected chi connectivity index (χ0v) is 16.8. The molecule has 0 unspecified atom stereocenters. The molecule has 0 saturated carbocycles. The largest absolute Gasteiger partial charge is 0.379 e. The molecule has 8 heteroatoms. The van der Waals surface area contributed by atoms with E-state index in [2.05, 4.69) is 0 Å². The highest BCUT2D eigenvalue weighted by Crippen LogP contribution is 2.39. The molecule has 0 amide bonds. The first-order valence-corrected chi connectivity index (χ1v) is 11.1. The van der Waals surface area contributed by atoms with Crippen LogP contribution in [0.1, 0.15) is 26.3 Å². The molecular formula is C22H18N2O5S. The number of ketones is 2. The molecule has 0 bridgehead atoms. The van der Waals surface area contributed by atoms with Crippen molar-refractivity contribution in [3.05, 3.63) is 82.0 Å². The highest BCUT2D eigenvalue weighted by molar-refractivity contribution is 7.90. The first kappa shape index (κ1) is 18.6. The van der Waals surface area contributed by atoms with Gasteiger partial charge >= 0.3 is 10.1 Å². The average molecular weight is 422 g/mol. The molecule has 7 nitrogen and oxygen atoms in total. The van der Waals surface area contributed by atoms with Crippen LogP contribution in [0.2, 0.25) is 0 Å². The van der Waals surface area contributed by atoms with Crippen molar-refractivity contribution in [2.24, 2.45) is 0 Å². The smallest absolute Gasteiger partial charge is 0.332 e. The van der Waals surface area contributed by atoms with Gasteiger partial charge in [0.2, 0.25) is 11.6 Å². The molecule has 2 saturated heterocycles. The van der Waals surface area contributed by atoms with Crippen LogP contribution in [0.4, 0.5) is 0 Å². The predicted octanol–water partition coefficient (Wildman–Crippen LogP) is 2.29. The Kier molecular flexibility index (Phi) is 4.25. The Morgan fingerprint density at radius 1 is 0.800 bits per heavy atom. The summed E-state index contributed by atoms with van der Waals surface area (Å²) in [6.45, 7) is 2.86. The van der Waals surface area contributed by atoms with Gasteiger partial charge in [0.1, 0.15) is 11.4 Å². The highest BCUT2D eigenvalue weighted by Gasteiger charge is 2.44. The molecule has 2 fully saturated rings. The van der Waals surface area contributed by atoms with Crippen LogP contribution in [0.25, 0.3) is 6.08 Å². The molecule has 5 rings (SSSR count). The van der Waals surface area contributed by atoms with Crippen LogP contribution in [0.15, 0.2) is 65.3 Å². The Bertz CT molecular complexity index is 1220. The maximum absolute atomic E-state index is 13.3. The van der Waals surface area contributed by atoms with Crippen LogP contribution in [-0.2, 0) is 10.1 Å². The Labute approximate surface area is 174 Å². The standard InChI is InChI=1S/C22H18N2O5S/c25-21-16-7-4-8-17(29-30(27,28)14-9-15-5-2-1-3-6-15)18(16)22(26)20(24-12-13-24)19(21)23-10-11-23/h1-9,14H,10-13H2/b14-9-. The molecule has 2 aromatic carbocycles. The van der Waals surface area contributed by atoms with Gasteiger partial charge in [0.25, 0.3) is 0 Å². The molecule has 0 N–H and O–H groups in total. The highest BCUT2D eigenvalue weighted by atomic mass is 32.2. The second-order valence-electron chi connectivity index (χ2n) is 7.30. The van der Waals surface area contributed by atoms with Gasteiger partial charge in [-0.2, -0.15) is 8.42 Å². The normalized spacial score (nSPS) is 18.1. The Hall–Kier alpha value is -3.39. The number of benzene rings is 2. The fourth-order valence-corrected chi connectivity index (χ4v) is 4.27. The van der Waals surface area contributed by atoms with E-state index in [1.165, 1.54) is 24.3 Å². The van der Waals surface area contributed by atoms with E-state index in [-0.39, 0.29) is 28.4 Å². The van der Waals surface area contributed by atoms with Crippen molar-refractivity contribution >= 4 is 27.8 Å². The van der Waals surface area contributed by atoms with E-state index in [1.54, 1.807) is 24.3 Å². The second-order valence-corrected chi connectivity index (χ2v) is 8.72. The number of hydrogen-bond acceptors (Lipinski definition) is 7. The third-order valence-corrected chi connectivity index (χ3v) is 5.99. The average Bonchev–Trinajstić information content (AvgIpc) is 3.62. The molecule has 2 aromatic rings. The summed E-state index contributed by atoms with van der Waals surface area (Å²) in [7, 11) is -4.13. The van der Waals surface area contributed by atoms with E-state index < -0.39 is 10.1 Å². The van der Waals surface area contributed by atoms with Crippen LogP contribution >= 0.6 is 0 Å². The summed E-state index contributed by atoms with van der Waals surface area (Å²) in [6.07, 6.45) is 1.41. The van der Waals surface area contributed by atoms with Gasteiger partial charge < -0.3 is 14.0 Å². The molecule has 2 aliphatic heterocycles. The van der Waals surface area contributed by atoms with Crippen LogP contribution in [-0.4, -0.2) is 56.0 Å². The maximum atomic E-state index is 13.3. The monoisotopic (exact) mass is 422 g/mol. The Balaban J connectivity index is 1.51. The number of carbonyl (C=O) groups is 2. The van der Waals surface area contributed by atoms with Crippen molar-refractivity contribution in [3.8, 4) is 5.75 Å². The summed E-state index contributed by atoms with van der Waals surface area (Å²) >= 11 is 0. The number of nitrogens with zero attached hydrogens (tertiary/aromatic N) is 2. The predicted molar refractivity (Wildman–Crippen MR) is 110 cm³/mol. The van der Waals surface area contributed by atoms with Gasteiger partial charge in [-0.25, -0.2) is 0 Å². The first-order chi connectivity index (χ1) is 14.4. The van der Waals surface area contributed by atoms with E-state index in [4.69, 9.17) is 4.18 Å². The van der Waals surface area contributed by atoms with E-state index in [1.807, 2.05) is 15.9 Å². The summed E-state index contributed by atoms with van der Waals surface area (Å²) < 4.78 is 30.3. The molecule has 2 heterocycles. The van der Waals surface area contributed by atoms with Crippen LogP contribution < -0.4 is 4.18 Å². The van der Waals surface area contributed by atoms with Crippen molar-refractivity contribution in [2.75, 3.05) is 26.2 Å². The summed E-state index contributed by atoms with van der Waals surface area (Å²) in [6, 6.07) is 13.4. The number of allylic oxidation sites excluding steroid dienone is 2. The van der Waals surface area contributed by atoms with Crippen molar-refractivity contribution < 1.29 is 22.2 Å². The molecule has 152 valence electrons. The third kappa shape index (κ3) is 3.39. The third-order valence-electron chi connectivity index (χ3n) is 5.11. The van der Waals surface area contributed by atoms with E-state index in [0.29, 0.717) is 30.0 Å². The van der Waals surface area contributed by atoms with Crippen molar-refractivity contribution in [1.82, 2.24) is 9.80 Å². The SMILES string of the molecule is O=C1C(N2CC2)=C(N2CC2)C(=O)c2c(OS(=O)(=O)/C=C\c3ccccc3)cccc21. The van der Waals surface area contributed by atoms with Crippen molar-refractivity contribution in [3.63, 3.8) is 0 Å². The molecule has 3 aliphatic rings. The number of Topliss-reactive ketones (excluding diaryl/α,β-unsaturated/α-hetero) is 2. The second kappa shape index (κ2) is 6.84. The van der Waals surface area contributed by atoms with Crippen LogP contribution in [0.5, 0.6) is 5.75 Å². The van der Waals surface area contributed by atoms with Gasteiger partial charge in [-0.1, -0.05) is 36.4 Å². The first-order valence-electron chi connectivity index (χ1n) is 9.59. The van der Waals surface area contributed by atoms with E-state index in [9.17, 15) is 18.0 Å².